The number of nitrogens with zero attached hydrogens (tertiary/aromatic N) is 2. The van der Waals surface area contributed by atoms with Crippen LogP contribution in [-0.4, -0.2) is 20.7 Å². The summed E-state index contributed by atoms with van der Waals surface area (Å²) in [7, 11) is 1.85. The predicted molar refractivity (Wildman–Crippen MR) is 130 cm³/mol. The zero-order chi connectivity index (χ0) is 22.6. The number of hydrogen-bond acceptors (Lipinski definition) is 3. The summed E-state index contributed by atoms with van der Waals surface area (Å²) in [6.45, 7) is 0.465. The maximum Gasteiger partial charge on any atom is 0.228 e. The Hall–Kier alpha value is -4.32. The first-order chi connectivity index (χ1) is 16.2. The summed E-state index contributed by atoms with van der Waals surface area (Å²) in [6.07, 6.45) is 3.92. The SMILES string of the molecule is Cn1cc(NC(=O)Cc2c[nH]c3cccc(OCc4ccccc4)c23)c(-c2ccccc2)n1. The van der Waals surface area contributed by atoms with Gasteiger partial charge in [0.15, 0.2) is 0 Å². The number of carbonyl (C=O) groups is 1. The molecular weight excluding hydrogens is 412 g/mol. The van der Waals surface area contributed by atoms with Gasteiger partial charge in [0.05, 0.1) is 12.1 Å². The maximum absolute atomic E-state index is 13.0. The molecule has 2 heterocycles. The normalized spacial score (nSPS) is 10.9. The lowest BCUT2D eigenvalue weighted by atomic mass is 10.1. The number of aryl methyl sites for hydroxylation is 1. The molecule has 5 rings (SSSR count). The van der Waals surface area contributed by atoms with Crippen LogP contribution in [-0.2, 0) is 24.9 Å². The molecule has 0 saturated heterocycles. The van der Waals surface area contributed by atoms with Gasteiger partial charge in [-0.1, -0.05) is 66.7 Å². The Bertz CT molecular complexity index is 1390. The molecule has 6 nitrogen and oxygen atoms in total. The zero-order valence-electron chi connectivity index (χ0n) is 18.3. The molecule has 0 spiro atoms. The number of aromatic nitrogens is 3. The highest BCUT2D eigenvalue weighted by Crippen LogP contribution is 2.31. The van der Waals surface area contributed by atoms with Crippen molar-refractivity contribution in [2.45, 2.75) is 13.0 Å². The number of aromatic amines is 1. The van der Waals surface area contributed by atoms with E-state index in [1.54, 1.807) is 4.68 Å². The topological polar surface area (TPSA) is 71.9 Å². The van der Waals surface area contributed by atoms with E-state index in [4.69, 9.17) is 4.74 Å². The number of hydrogen-bond donors (Lipinski definition) is 2. The van der Waals surface area contributed by atoms with Crippen molar-refractivity contribution < 1.29 is 9.53 Å². The fourth-order valence-corrected chi connectivity index (χ4v) is 3.97. The molecule has 0 aliphatic heterocycles. The monoisotopic (exact) mass is 436 g/mol. The highest BCUT2D eigenvalue weighted by Gasteiger charge is 2.16. The van der Waals surface area contributed by atoms with E-state index in [2.05, 4.69) is 15.4 Å². The second-order valence-corrected chi connectivity index (χ2v) is 7.92. The Labute approximate surface area is 191 Å². The van der Waals surface area contributed by atoms with Crippen LogP contribution in [0.25, 0.3) is 22.2 Å². The van der Waals surface area contributed by atoms with Crippen LogP contribution < -0.4 is 10.1 Å². The van der Waals surface area contributed by atoms with Gasteiger partial charge in [-0.15, -0.1) is 0 Å². The fraction of sp³-hybridized carbons (Fsp3) is 0.111. The number of H-pyrrole nitrogens is 1. The minimum atomic E-state index is -0.112. The molecule has 33 heavy (non-hydrogen) atoms. The number of nitrogens with one attached hydrogen (secondary N) is 2. The first-order valence-electron chi connectivity index (χ1n) is 10.8. The van der Waals surface area contributed by atoms with Crippen LogP contribution in [0.1, 0.15) is 11.1 Å². The lowest BCUT2D eigenvalue weighted by molar-refractivity contribution is -0.115. The van der Waals surface area contributed by atoms with Crippen LogP contribution in [0.2, 0.25) is 0 Å². The van der Waals surface area contributed by atoms with E-state index in [1.807, 2.05) is 98.3 Å². The van der Waals surface area contributed by atoms with Gasteiger partial charge < -0.3 is 15.0 Å². The van der Waals surface area contributed by atoms with Gasteiger partial charge in [-0.25, -0.2) is 0 Å². The molecule has 0 unspecified atom stereocenters. The maximum atomic E-state index is 13.0. The van der Waals surface area contributed by atoms with Gasteiger partial charge in [0.1, 0.15) is 18.1 Å². The molecule has 6 heteroatoms. The number of amides is 1. The molecular formula is C27H24N4O2. The Morgan fingerprint density at radius 3 is 2.55 bits per heavy atom. The van der Waals surface area contributed by atoms with Gasteiger partial charge in [0, 0.05) is 35.9 Å². The van der Waals surface area contributed by atoms with Crippen molar-refractivity contribution in [2.24, 2.45) is 7.05 Å². The van der Waals surface area contributed by atoms with Crippen molar-refractivity contribution in [3.8, 4) is 17.0 Å². The van der Waals surface area contributed by atoms with Gasteiger partial charge >= 0.3 is 0 Å². The molecule has 0 aliphatic rings. The summed E-state index contributed by atoms with van der Waals surface area (Å²) in [5.41, 5.74) is 5.31. The van der Waals surface area contributed by atoms with Crippen molar-refractivity contribution >= 4 is 22.5 Å². The van der Waals surface area contributed by atoms with Crippen LogP contribution in [0.3, 0.4) is 0 Å². The Morgan fingerprint density at radius 1 is 1.00 bits per heavy atom. The third-order valence-electron chi connectivity index (χ3n) is 5.49. The molecule has 3 aromatic carbocycles. The summed E-state index contributed by atoms with van der Waals surface area (Å²) in [5.74, 6) is 0.644. The van der Waals surface area contributed by atoms with Crippen LogP contribution in [0.4, 0.5) is 5.69 Å². The number of anilines is 1. The minimum absolute atomic E-state index is 0.112. The second kappa shape index (κ2) is 9.04. The van der Waals surface area contributed by atoms with E-state index in [0.717, 1.165) is 39.0 Å². The van der Waals surface area contributed by atoms with E-state index in [1.165, 1.54) is 0 Å². The number of ether oxygens (including phenoxy) is 1. The number of fused-ring (bicyclic) bond motifs is 1. The minimum Gasteiger partial charge on any atom is -0.488 e. The Balaban J connectivity index is 1.36. The molecule has 0 fully saturated rings. The molecule has 2 N–H and O–H groups in total. The fourth-order valence-electron chi connectivity index (χ4n) is 3.97. The number of carbonyl (C=O) groups excluding carboxylic acids is 1. The Morgan fingerprint density at radius 2 is 1.76 bits per heavy atom. The summed E-state index contributed by atoms with van der Waals surface area (Å²) in [5, 5.41) is 8.49. The van der Waals surface area contributed by atoms with Crippen LogP contribution in [0.15, 0.2) is 91.3 Å². The van der Waals surface area contributed by atoms with Crippen molar-refractivity contribution in [1.29, 1.82) is 0 Å². The molecule has 0 radical (unpaired) electrons. The average molecular weight is 437 g/mol. The summed E-state index contributed by atoms with van der Waals surface area (Å²) in [6, 6.07) is 25.7. The number of benzene rings is 3. The summed E-state index contributed by atoms with van der Waals surface area (Å²) in [4.78, 5) is 16.3. The second-order valence-electron chi connectivity index (χ2n) is 7.92. The highest BCUT2D eigenvalue weighted by atomic mass is 16.5. The molecule has 0 bridgehead atoms. The first-order valence-corrected chi connectivity index (χ1v) is 10.8. The van der Waals surface area contributed by atoms with Gasteiger partial charge in [0.2, 0.25) is 5.91 Å². The van der Waals surface area contributed by atoms with E-state index in [0.29, 0.717) is 12.3 Å². The van der Waals surface area contributed by atoms with Gasteiger partial charge in [-0.2, -0.15) is 5.10 Å². The van der Waals surface area contributed by atoms with E-state index < -0.39 is 0 Å². The van der Waals surface area contributed by atoms with Gasteiger partial charge in [0.25, 0.3) is 0 Å². The molecule has 164 valence electrons. The first kappa shape index (κ1) is 20.6. The molecule has 0 aliphatic carbocycles. The average Bonchev–Trinajstić information content (AvgIpc) is 3.42. The molecule has 2 aromatic heterocycles. The van der Waals surface area contributed by atoms with Crippen LogP contribution >= 0.6 is 0 Å². The lowest BCUT2D eigenvalue weighted by Gasteiger charge is -2.10. The smallest absolute Gasteiger partial charge is 0.228 e. The summed E-state index contributed by atoms with van der Waals surface area (Å²) >= 11 is 0. The standard InChI is InChI=1S/C27H24N4O2/c1-31-17-23(27(30-31)20-11-6-3-7-12-20)29-25(32)15-21-16-28-22-13-8-14-24(26(21)22)33-18-19-9-4-2-5-10-19/h2-14,16-17,28H,15,18H2,1H3,(H,29,32). The molecule has 1 amide bonds. The Kier molecular flexibility index (Phi) is 5.64. The summed E-state index contributed by atoms with van der Waals surface area (Å²) < 4.78 is 7.83. The third-order valence-corrected chi connectivity index (χ3v) is 5.49. The van der Waals surface area contributed by atoms with Crippen molar-refractivity contribution in [1.82, 2.24) is 14.8 Å². The van der Waals surface area contributed by atoms with Crippen molar-refractivity contribution in [2.75, 3.05) is 5.32 Å². The van der Waals surface area contributed by atoms with Gasteiger partial charge in [-0.3, -0.25) is 9.48 Å². The van der Waals surface area contributed by atoms with Crippen LogP contribution in [0, 0.1) is 0 Å². The van der Waals surface area contributed by atoms with Crippen LogP contribution in [0.5, 0.6) is 5.75 Å². The van der Waals surface area contributed by atoms with Crippen molar-refractivity contribution in [3.05, 3.63) is 102 Å². The zero-order valence-corrected chi connectivity index (χ0v) is 18.3. The lowest BCUT2D eigenvalue weighted by Crippen LogP contribution is -2.14. The molecule has 5 aromatic rings. The van der Waals surface area contributed by atoms with E-state index in [-0.39, 0.29) is 12.3 Å². The predicted octanol–water partition coefficient (Wildman–Crippen LogP) is 5.33. The van der Waals surface area contributed by atoms with Gasteiger partial charge in [-0.05, 0) is 23.3 Å². The van der Waals surface area contributed by atoms with Crippen molar-refractivity contribution in [3.63, 3.8) is 0 Å². The quantitative estimate of drug-likeness (QED) is 0.362. The highest BCUT2D eigenvalue weighted by molar-refractivity contribution is 5.99. The molecule has 0 saturated carbocycles. The molecule has 0 atom stereocenters. The van der Waals surface area contributed by atoms with E-state index in [9.17, 15) is 4.79 Å². The third kappa shape index (κ3) is 4.50. The largest absolute Gasteiger partial charge is 0.488 e. The number of rotatable bonds is 7. The van der Waals surface area contributed by atoms with E-state index >= 15 is 0 Å².